The van der Waals surface area contributed by atoms with Crippen LogP contribution in [0.5, 0.6) is 11.5 Å². The average Bonchev–Trinajstić information content (AvgIpc) is 2.85. The topological polar surface area (TPSA) is 89.0 Å². The Morgan fingerprint density at radius 3 is 2.41 bits per heavy atom. The first kappa shape index (κ1) is 24.5. The molecule has 176 valence electrons. The highest BCUT2D eigenvalue weighted by atomic mass is 16.5. The van der Waals surface area contributed by atoms with Gasteiger partial charge in [0.15, 0.2) is 11.5 Å². The highest BCUT2D eigenvalue weighted by molar-refractivity contribution is 5.97. The number of benzene rings is 3. The van der Waals surface area contributed by atoms with Crippen LogP contribution in [0, 0.1) is 6.92 Å². The normalized spacial score (nSPS) is 11.6. The number of rotatable bonds is 10. The highest BCUT2D eigenvalue weighted by Gasteiger charge is 2.16. The van der Waals surface area contributed by atoms with Gasteiger partial charge in [-0.3, -0.25) is 9.59 Å². The first-order valence-electron chi connectivity index (χ1n) is 11.1. The van der Waals surface area contributed by atoms with Gasteiger partial charge in [-0.1, -0.05) is 48.0 Å². The third-order valence-electron chi connectivity index (χ3n) is 4.95. The first-order valence-corrected chi connectivity index (χ1v) is 11.1. The zero-order valence-electron chi connectivity index (χ0n) is 19.6. The molecule has 0 fully saturated rings. The molecule has 0 saturated carbocycles. The average molecular weight is 460 g/mol. The van der Waals surface area contributed by atoms with Crippen LogP contribution in [0.2, 0.25) is 0 Å². The van der Waals surface area contributed by atoms with Crippen molar-refractivity contribution in [2.75, 3.05) is 6.61 Å². The molecule has 0 aliphatic carbocycles. The van der Waals surface area contributed by atoms with Crippen LogP contribution in [0.3, 0.4) is 0 Å². The number of amides is 2. The van der Waals surface area contributed by atoms with Crippen molar-refractivity contribution in [2.45, 2.75) is 33.4 Å². The molecule has 2 N–H and O–H groups in total. The Kier molecular flexibility index (Phi) is 8.80. The molecule has 7 heteroatoms. The summed E-state index contributed by atoms with van der Waals surface area (Å²) >= 11 is 0. The second-order valence-corrected chi connectivity index (χ2v) is 7.71. The Balaban J connectivity index is 1.56. The molecular formula is C27H29N3O4. The van der Waals surface area contributed by atoms with Gasteiger partial charge in [-0.2, -0.15) is 5.10 Å². The number of hydrogen-bond acceptors (Lipinski definition) is 5. The molecular weight excluding hydrogens is 430 g/mol. The van der Waals surface area contributed by atoms with Gasteiger partial charge in [0.2, 0.25) is 0 Å². The Hall–Kier alpha value is -4.13. The number of ether oxygens (including phenoxy) is 2. The Labute approximate surface area is 199 Å². The van der Waals surface area contributed by atoms with Crippen LogP contribution in [0.25, 0.3) is 0 Å². The van der Waals surface area contributed by atoms with E-state index in [9.17, 15) is 9.59 Å². The van der Waals surface area contributed by atoms with E-state index in [1.807, 2.05) is 56.3 Å². The molecule has 0 radical (unpaired) electrons. The lowest BCUT2D eigenvalue weighted by atomic mass is 10.2. The van der Waals surface area contributed by atoms with Crippen LogP contribution < -0.4 is 20.2 Å². The van der Waals surface area contributed by atoms with Gasteiger partial charge in [0.25, 0.3) is 11.8 Å². The van der Waals surface area contributed by atoms with Crippen molar-refractivity contribution in [3.05, 3.63) is 95.1 Å². The van der Waals surface area contributed by atoms with Gasteiger partial charge in [0.05, 0.1) is 12.8 Å². The van der Waals surface area contributed by atoms with E-state index in [0.717, 1.165) is 11.1 Å². The van der Waals surface area contributed by atoms with Gasteiger partial charge in [0.1, 0.15) is 12.6 Å². The smallest absolute Gasteiger partial charge is 0.262 e. The van der Waals surface area contributed by atoms with Crippen LogP contribution in [0.1, 0.15) is 40.9 Å². The fraction of sp³-hybridized carbons (Fsp3) is 0.222. The molecule has 0 aliphatic heterocycles. The molecule has 0 heterocycles. The summed E-state index contributed by atoms with van der Waals surface area (Å²) in [6, 6.07) is 21.5. The summed E-state index contributed by atoms with van der Waals surface area (Å²) in [5.74, 6) is 0.465. The maximum Gasteiger partial charge on any atom is 0.262 e. The highest BCUT2D eigenvalue weighted by Crippen LogP contribution is 2.29. The fourth-order valence-electron chi connectivity index (χ4n) is 3.04. The van der Waals surface area contributed by atoms with Crippen molar-refractivity contribution >= 4 is 18.0 Å². The van der Waals surface area contributed by atoms with Crippen LogP contribution in [0.4, 0.5) is 0 Å². The van der Waals surface area contributed by atoms with Crippen LogP contribution in [0.15, 0.2) is 77.9 Å². The van der Waals surface area contributed by atoms with Gasteiger partial charge in [-0.25, -0.2) is 5.43 Å². The van der Waals surface area contributed by atoms with Gasteiger partial charge < -0.3 is 14.8 Å². The van der Waals surface area contributed by atoms with Gasteiger partial charge >= 0.3 is 0 Å². The number of carbonyl (C=O) groups excluding carboxylic acids is 2. The zero-order chi connectivity index (χ0) is 24.3. The summed E-state index contributed by atoms with van der Waals surface area (Å²) in [5, 5.41) is 6.65. The molecule has 0 bridgehead atoms. The van der Waals surface area contributed by atoms with Gasteiger partial charge in [-0.05, 0) is 62.2 Å². The summed E-state index contributed by atoms with van der Waals surface area (Å²) in [5.41, 5.74) is 5.92. The van der Waals surface area contributed by atoms with Crippen molar-refractivity contribution in [1.82, 2.24) is 10.7 Å². The molecule has 0 spiro atoms. The molecule has 3 rings (SSSR count). The van der Waals surface area contributed by atoms with E-state index < -0.39 is 11.9 Å². The van der Waals surface area contributed by atoms with E-state index in [2.05, 4.69) is 15.8 Å². The van der Waals surface area contributed by atoms with E-state index in [-0.39, 0.29) is 5.91 Å². The van der Waals surface area contributed by atoms with Gasteiger partial charge in [-0.15, -0.1) is 0 Å². The van der Waals surface area contributed by atoms with Crippen molar-refractivity contribution in [2.24, 2.45) is 5.10 Å². The predicted molar refractivity (Wildman–Crippen MR) is 132 cm³/mol. The number of nitrogens with one attached hydrogen (secondary N) is 2. The fourth-order valence-corrected chi connectivity index (χ4v) is 3.04. The van der Waals surface area contributed by atoms with E-state index in [4.69, 9.17) is 9.47 Å². The van der Waals surface area contributed by atoms with Crippen LogP contribution >= 0.6 is 0 Å². The number of nitrogens with zero attached hydrogens (tertiary/aromatic N) is 1. The van der Waals surface area contributed by atoms with Crippen molar-refractivity contribution in [3.63, 3.8) is 0 Å². The predicted octanol–water partition coefficient (Wildman–Crippen LogP) is 4.24. The summed E-state index contributed by atoms with van der Waals surface area (Å²) < 4.78 is 11.7. The lowest BCUT2D eigenvalue weighted by molar-refractivity contribution is -0.122. The van der Waals surface area contributed by atoms with E-state index >= 15 is 0 Å². The summed E-state index contributed by atoms with van der Waals surface area (Å²) in [4.78, 5) is 24.5. The molecule has 34 heavy (non-hydrogen) atoms. The van der Waals surface area contributed by atoms with E-state index in [1.54, 1.807) is 37.3 Å². The van der Waals surface area contributed by atoms with E-state index in [0.29, 0.717) is 30.3 Å². The SMILES string of the molecule is CCOc1cc(/C=N/NC(=O)C(C)NC(=O)c2ccccc2)ccc1OCc1ccc(C)cc1. The third kappa shape index (κ3) is 7.20. The quantitative estimate of drug-likeness (QED) is 0.351. The van der Waals surface area contributed by atoms with E-state index in [1.165, 1.54) is 11.8 Å². The minimum absolute atomic E-state index is 0.324. The third-order valence-corrected chi connectivity index (χ3v) is 4.95. The largest absolute Gasteiger partial charge is 0.490 e. The minimum Gasteiger partial charge on any atom is -0.490 e. The minimum atomic E-state index is -0.749. The standard InChI is InChI=1S/C27H29N3O4/c1-4-33-25-16-22(14-15-24(25)34-18-21-12-10-19(2)11-13-21)17-28-30-26(31)20(3)29-27(32)23-8-6-5-7-9-23/h5-17,20H,4,18H2,1-3H3,(H,29,32)(H,30,31)/b28-17+. The monoisotopic (exact) mass is 459 g/mol. The summed E-state index contributed by atoms with van der Waals surface area (Å²) in [6.07, 6.45) is 1.51. The lowest BCUT2D eigenvalue weighted by Gasteiger charge is -2.13. The lowest BCUT2D eigenvalue weighted by Crippen LogP contribution is -2.43. The summed E-state index contributed by atoms with van der Waals surface area (Å²) in [7, 11) is 0. The van der Waals surface area contributed by atoms with Gasteiger partial charge in [0, 0.05) is 5.56 Å². The first-order chi connectivity index (χ1) is 16.5. The Bertz CT molecular complexity index is 1130. The molecule has 0 aliphatic rings. The molecule has 3 aromatic rings. The van der Waals surface area contributed by atoms with Crippen molar-refractivity contribution < 1.29 is 19.1 Å². The molecule has 7 nitrogen and oxygen atoms in total. The van der Waals surface area contributed by atoms with Crippen molar-refractivity contribution in [1.29, 1.82) is 0 Å². The Morgan fingerprint density at radius 1 is 0.971 bits per heavy atom. The number of aryl methyl sites for hydroxylation is 1. The van der Waals surface area contributed by atoms with Crippen LogP contribution in [-0.2, 0) is 11.4 Å². The zero-order valence-corrected chi connectivity index (χ0v) is 19.6. The molecule has 1 atom stereocenters. The van der Waals surface area contributed by atoms with Crippen molar-refractivity contribution in [3.8, 4) is 11.5 Å². The molecule has 3 aromatic carbocycles. The second-order valence-electron chi connectivity index (χ2n) is 7.71. The van der Waals surface area contributed by atoms with Crippen LogP contribution in [-0.4, -0.2) is 30.7 Å². The molecule has 0 saturated heterocycles. The second kappa shape index (κ2) is 12.2. The maximum absolute atomic E-state index is 12.3. The molecule has 2 amide bonds. The Morgan fingerprint density at radius 2 is 1.71 bits per heavy atom. The summed E-state index contributed by atoms with van der Waals surface area (Å²) in [6.45, 7) is 6.45. The molecule has 1 unspecified atom stereocenters. The maximum atomic E-state index is 12.3. The molecule has 0 aromatic heterocycles. The number of hydrazone groups is 1. The number of hydrogen-bond donors (Lipinski definition) is 2. The number of carbonyl (C=O) groups is 2.